The molecular weight excluding hydrogens is 107 g/mol. The average Bonchev–Trinajstić information content (AvgIpc) is 1.82. The number of hydrogen-bond donors (Lipinski definition) is 2. The number of rotatable bonds is 2. The molecule has 0 aromatic carbocycles. The fourth-order valence-corrected chi connectivity index (χ4v) is 0.214. The van der Waals surface area contributed by atoms with E-state index < -0.39 is 24.8 Å². The Kier molecular flexibility index (Phi) is 1.15. The molecule has 0 aromatic rings. The van der Waals surface area contributed by atoms with E-state index in [1.165, 1.54) is 6.92 Å². The standard InChI is InChI=1S/C5H11NO2/c1-3(2)4(6)5(7)8/h3-4H,6H2,1-2H3,(H,7,8)/t4-/m1/s1/i1D3,6+1/t3?,4-. The van der Waals surface area contributed by atoms with Crippen molar-refractivity contribution >= 4 is 5.97 Å². The summed E-state index contributed by atoms with van der Waals surface area (Å²) in [4.78, 5) is 10.2. The van der Waals surface area contributed by atoms with Gasteiger partial charge in [-0.3, -0.25) is 4.79 Å². The Morgan fingerprint density at radius 2 is 2.50 bits per heavy atom. The minimum absolute atomic E-state index is 1.01. The highest BCUT2D eigenvalue weighted by Gasteiger charge is 2.14. The fraction of sp³-hybridized carbons (Fsp3) is 0.800. The van der Waals surface area contributed by atoms with Crippen LogP contribution in [0.15, 0.2) is 0 Å². The Bertz CT molecular complexity index is 156. The van der Waals surface area contributed by atoms with Crippen LogP contribution in [0, 0.1) is 5.92 Å². The summed E-state index contributed by atoms with van der Waals surface area (Å²) in [5, 5.41) is 8.34. The van der Waals surface area contributed by atoms with E-state index in [2.05, 4.69) is 0 Å². The Morgan fingerprint density at radius 3 is 2.62 bits per heavy atom. The van der Waals surface area contributed by atoms with Gasteiger partial charge in [0.2, 0.25) is 0 Å². The molecule has 0 saturated carbocycles. The van der Waals surface area contributed by atoms with Gasteiger partial charge in [-0.15, -0.1) is 0 Å². The van der Waals surface area contributed by atoms with E-state index in [1.807, 2.05) is 0 Å². The van der Waals surface area contributed by atoms with Crippen molar-refractivity contribution in [3.8, 4) is 0 Å². The number of carboxylic acids is 1. The van der Waals surface area contributed by atoms with E-state index in [-0.39, 0.29) is 0 Å². The number of carbonyl (C=O) groups is 1. The van der Waals surface area contributed by atoms with Gasteiger partial charge in [0, 0.05) is 4.11 Å². The van der Waals surface area contributed by atoms with Crippen molar-refractivity contribution in [3.05, 3.63) is 0 Å². The zero-order valence-corrected chi connectivity index (χ0v) is 4.59. The second-order valence-electron chi connectivity index (χ2n) is 1.65. The predicted octanol–water partition coefficient (Wildman–Crippen LogP) is 0.0543. The molecule has 0 aliphatic heterocycles. The van der Waals surface area contributed by atoms with Gasteiger partial charge in [0.1, 0.15) is 6.04 Å². The maximum Gasteiger partial charge on any atom is 0.320 e. The van der Waals surface area contributed by atoms with Crippen molar-refractivity contribution in [2.45, 2.75) is 19.8 Å². The lowest BCUT2D eigenvalue weighted by molar-refractivity contribution is -0.139. The summed E-state index contributed by atoms with van der Waals surface area (Å²) in [5.74, 6) is -2.30. The molecule has 3 nitrogen and oxygen atoms in total. The molecular formula is C5H11NO2. The normalized spacial score (nSPS) is 24.5. The van der Waals surface area contributed by atoms with Crippen LogP contribution in [-0.4, -0.2) is 17.1 Å². The van der Waals surface area contributed by atoms with Crippen molar-refractivity contribution in [1.82, 2.24) is 0 Å². The first-order chi connectivity index (χ1) is 4.76. The van der Waals surface area contributed by atoms with Crippen LogP contribution in [0.5, 0.6) is 0 Å². The van der Waals surface area contributed by atoms with Crippen molar-refractivity contribution < 1.29 is 14.0 Å². The van der Waals surface area contributed by atoms with Crippen molar-refractivity contribution in [2.24, 2.45) is 11.7 Å². The van der Waals surface area contributed by atoms with Crippen LogP contribution < -0.4 is 5.73 Å². The first-order valence-corrected chi connectivity index (χ1v) is 2.25. The fourth-order valence-electron chi connectivity index (χ4n) is 0.214. The smallest absolute Gasteiger partial charge is 0.320 e. The lowest BCUT2D eigenvalue weighted by Gasteiger charge is -2.07. The molecule has 0 fully saturated rings. The Hall–Kier alpha value is -0.570. The van der Waals surface area contributed by atoms with E-state index >= 15 is 0 Å². The highest BCUT2D eigenvalue weighted by Crippen LogP contribution is 1.96. The number of nitrogens with two attached hydrogens (primary N) is 1. The molecule has 2 atom stereocenters. The van der Waals surface area contributed by atoms with Gasteiger partial charge in [0.25, 0.3) is 0 Å². The molecule has 0 aliphatic carbocycles. The maximum absolute atomic E-state index is 10.2. The first kappa shape index (κ1) is 3.45. The molecule has 8 heavy (non-hydrogen) atoms. The van der Waals surface area contributed by atoms with E-state index in [0.717, 1.165) is 0 Å². The average molecular weight is 121 g/mol. The molecule has 0 rings (SSSR count). The van der Waals surface area contributed by atoms with Crippen LogP contribution in [0.4, 0.5) is 0 Å². The minimum Gasteiger partial charge on any atom is -0.480 e. The lowest BCUT2D eigenvalue weighted by atomic mass is 10.1. The Labute approximate surface area is 52.7 Å². The summed E-state index contributed by atoms with van der Waals surface area (Å²) < 4.78 is 20.6. The second-order valence-corrected chi connectivity index (χ2v) is 1.65. The van der Waals surface area contributed by atoms with Gasteiger partial charge in [0.05, 0.1) is 0 Å². The molecule has 3 heteroatoms. The third-order valence-corrected chi connectivity index (χ3v) is 0.824. The van der Waals surface area contributed by atoms with Crippen LogP contribution in [0.2, 0.25) is 0 Å². The summed E-state index contributed by atoms with van der Waals surface area (Å²) in [6.45, 7) is -0.996. The molecule has 0 aliphatic rings. The van der Waals surface area contributed by atoms with Crippen molar-refractivity contribution in [2.75, 3.05) is 0 Å². The number of hydrogen-bond acceptors (Lipinski definition) is 2. The van der Waals surface area contributed by atoms with E-state index in [4.69, 9.17) is 15.0 Å². The van der Waals surface area contributed by atoms with Crippen LogP contribution in [-0.2, 0) is 4.79 Å². The zero-order valence-electron chi connectivity index (χ0n) is 7.59. The van der Waals surface area contributed by atoms with Crippen molar-refractivity contribution in [3.63, 3.8) is 0 Å². The number of aliphatic carboxylic acids is 1. The van der Waals surface area contributed by atoms with Gasteiger partial charge in [-0.05, 0) is 5.92 Å². The third-order valence-electron chi connectivity index (χ3n) is 0.824. The topological polar surface area (TPSA) is 63.3 Å². The van der Waals surface area contributed by atoms with E-state index in [0.29, 0.717) is 0 Å². The van der Waals surface area contributed by atoms with Crippen LogP contribution in [0.1, 0.15) is 17.9 Å². The Morgan fingerprint density at radius 1 is 2.00 bits per heavy atom. The molecule has 1 unspecified atom stereocenters. The highest BCUT2D eigenvalue weighted by atomic mass is 16.4. The van der Waals surface area contributed by atoms with E-state index in [9.17, 15) is 4.79 Å². The van der Waals surface area contributed by atoms with Crippen molar-refractivity contribution in [1.29, 1.82) is 0 Å². The molecule has 0 amide bonds. The minimum atomic E-state index is -2.29. The Balaban J connectivity index is 4.25. The summed E-state index contributed by atoms with van der Waals surface area (Å²) in [6, 6.07) is -1.32. The molecule has 0 saturated heterocycles. The largest absolute Gasteiger partial charge is 0.480 e. The van der Waals surface area contributed by atoms with Gasteiger partial charge in [-0.2, -0.15) is 0 Å². The molecule has 0 bridgehead atoms. The molecule has 48 valence electrons. The molecule has 0 heterocycles. The van der Waals surface area contributed by atoms with Crippen LogP contribution >= 0.6 is 0 Å². The van der Waals surface area contributed by atoms with Crippen LogP contribution in [0.3, 0.4) is 0 Å². The summed E-state index contributed by atoms with van der Waals surface area (Å²) >= 11 is 0. The van der Waals surface area contributed by atoms with Gasteiger partial charge in [-0.25, -0.2) is 0 Å². The molecule has 3 N–H and O–H groups in total. The summed E-state index contributed by atoms with van der Waals surface area (Å²) in [5.41, 5.74) is 5.09. The van der Waals surface area contributed by atoms with E-state index in [1.54, 1.807) is 0 Å². The van der Waals surface area contributed by atoms with Gasteiger partial charge < -0.3 is 10.8 Å². The van der Waals surface area contributed by atoms with Gasteiger partial charge >= 0.3 is 5.97 Å². The third kappa shape index (κ3) is 1.93. The predicted molar refractivity (Wildman–Crippen MR) is 30.4 cm³/mol. The second kappa shape index (κ2) is 2.67. The maximum atomic E-state index is 10.2. The first-order valence-electron chi connectivity index (χ1n) is 3.75. The monoisotopic (exact) mass is 121 g/mol. The van der Waals surface area contributed by atoms with Crippen LogP contribution in [0.25, 0.3) is 0 Å². The lowest BCUT2D eigenvalue weighted by Crippen LogP contribution is -2.34. The molecule has 0 aromatic heterocycles. The molecule has 0 spiro atoms. The summed E-state index contributed by atoms with van der Waals surface area (Å²) in [7, 11) is 0. The SMILES string of the molecule is [2H]C([2H])([2H])C(C)[C@@H]([15NH2])C(=O)O. The number of carboxylic acid groups (broad SMARTS) is 1. The zero-order chi connectivity index (χ0) is 9.23. The summed E-state index contributed by atoms with van der Waals surface area (Å²) in [6.07, 6.45) is 0. The highest BCUT2D eigenvalue weighted by molar-refractivity contribution is 5.73. The quantitative estimate of drug-likeness (QED) is 0.507. The van der Waals surface area contributed by atoms with Gasteiger partial charge in [-0.1, -0.05) is 13.8 Å². The molecule has 0 radical (unpaired) electrons. The van der Waals surface area contributed by atoms with Gasteiger partial charge in [0.15, 0.2) is 0 Å².